The Kier molecular flexibility index (Phi) is 4.38. The van der Waals surface area contributed by atoms with E-state index in [4.69, 9.17) is 4.52 Å². The number of benzene rings is 1. The molecule has 2 aromatic rings. The molecule has 0 aliphatic rings. The zero-order valence-corrected chi connectivity index (χ0v) is 12.2. The second kappa shape index (κ2) is 6.02. The van der Waals surface area contributed by atoms with Crippen LogP contribution in [0.4, 0.5) is 0 Å². The fourth-order valence-corrected chi connectivity index (χ4v) is 1.99. The summed E-state index contributed by atoms with van der Waals surface area (Å²) in [5, 5.41) is 7.57. The quantitative estimate of drug-likeness (QED) is 0.888. The third kappa shape index (κ3) is 3.44. The average molecular weight is 258 g/mol. The smallest absolute Gasteiger partial charge is 0.170 e. The lowest BCUT2D eigenvalue weighted by Gasteiger charge is -2.05. The van der Waals surface area contributed by atoms with Crippen molar-refractivity contribution in [3.8, 4) is 11.3 Å². The maximum Gasteiger partial charge on any atom is 0.170 e. The number of rotatable bonds is 5. The first-order chi connectivity index (χ1) is 9.08. The topological polar surface area (TPSA) is 38.1 Å². The van der Waals surface area contributed by atoms with Crippen LogP contribution in [0.1, 0.15) is 30.7 Å². The molecule has 3 heteroatoms. The molecular weight excluding hydrogens is 236 g/mol. The Bertz CT molecular complexity index is 526. The molecule has 0 radical (unpaired) electrons. The number of aromatic nitrogens is 1. The molecule has 0 saturated carbocycles. The molecule has 0 saturated heterocycles. The van der Waals surface area contributed by atoms with E-state index in [0.717, 1.165) is 35.7 Å². The van der Waals surface area contributed by atoms with Crippen molar-refractivity contribution in [1.29, 1.82) is 0 Å². The normalized spacial score (nSPS) is 11.2. The molecule has 19 heavy (non-hydrogen) atoms. The summed E-state index contributed by atoms with van der Waals surface area (Å²) in [5.41, 5.74) is 4.46. The van der Waals surface area contributed by atoms with Crippen molar-refractivity contribution in [2.75, 3.05) is 6.54 Å². The summed E-state index contributed by atoms with van der Waals surface area (Å²) >= 11 is 0. The predicted molar refractivity (Wildman–Crippen MR) is 78.0 cm³/mol. The molecule has 102 valence electrons. The Hall–Kier alpha value is -1.61. The van der Waals surface area contributed by atoms with E-state index in [1.165, 1.54) is 5.56 Å². The van der Waals surface area contributed by atoms with Gasteiger partial charge in [0.15, 0.2) is 5.76 Å². The first-order valence-corrected chi connectivity index (χ1v) is 6.81. The Balaban J connectivity index is 2.11. The number of nitrogens with zero attached hydrogens (tertiary/aromatic N) is 1. The van der Waals surface area contributed by atoms with E-state index in [0.29, 0.717) is 5.92 Å². The van der Waals surface area contributed by atoms with Crippen LogP contribution in [-0.2, 0) is 6.54 Å². The monoisotopic (exact) mass is 258 g/mol. The third-order valence-corrected chi connectivity index (χ3v) is 3.18. The van der Waals surface area contributed by atoms with Crippen LogP contribution < -0.4 is 5.32 Å². The predicted octanol–water partition coefficient (Wildman–Crippen LogP) is 3.70. The molecule has 0 unspecified atom stereocenters. The summed E-state index contributed by atoms with van der Waals surface area (Å²) in [6, 6.07) is 8.34. The molecule has 0 aliphatic heterocycles. The van der Waals surface area contributed by atoms with Crippen LogP contribution in [0.5, 0.6) is 0 Å². The molecular formula is C16H22N2O. The molecule has 0 aliphatic carbocycles. The lowest BCUT2D eigenvalue weighted by atomic mass is 10.1. The largest absolute Gasteiger partial charge is 0.356 e. The molecule has 1 N–H and O–H groups in total. The van der Waals surface area contributed by atoms with E-state index >= 15 is 0 Å². The number of hydrogen-bond acceptors (Lipinski definition) is 3. The van der Waals surface area contributed by atoms with Gasteiger partial charge < -0.3 is 9.84 Å². The van der Waals surface area contributed by atoms with E-state index < -0.39 is 0 Å². The highest BCUT2D eigenvalue weighted by Gasteiger charge is 2.13. The van der Waals surface area contributed by atoms with Gasteiger partial charge in [0, 0.05) is 17.7 Å². The van der Waals surface area contributed by atoms with Crippen LogP contribution >= 0.6 is 0 Å². The minimum Gasteiger partial charge on any atom is -0.356 e. The van der Waals surface area contributed by atoms with Crippen molar-refractivity contribution in [3.63, 3.8) is 0 Å². The van der Waals surface area contributed by atoms with E-state index in [1.54, 1.807) is 0 Å². The maximum absolute atomic E-state index is 5.49. The summed E-state index contributed by atoms with van der Waals surface area (Å²) in [5.74, 6) is 1.52. The van der Waals surface area contributed by atoms with Crippen molar-refractivity contribution in [2.24, 2.45) is 5.92 Å². The first kappa shape index (κ1) is 13.8. The van der Waals surface area contributed by atoms with Gasteiger partial charge in [-0.15, -0.1) is 0 Å². The molecule has 0 amide bonds. The summed E-state index contributed by atoms with van der Waals surface area (Å²) in [4.78, 5) is 0. The van der Waals surface area contributed by atoms with Crippen LogP contribution in [-0.4, -0.2) is 11.7 Å². The van der Waals surface area contributed by atoms with E-state index in [9.17, 15) is 0 Å². The molecule has 1 heterocycles. The summed E-state index contributed by atoms with van der Waals surface area (Å²) in [6.07, 6.45) is 0. The van der Waals surface area contributed by atoms with Crippen molar-refractivity contribution in [2.45, 2.75) is 34.2 Å². The molecule has 0 atom stereocenters. The van der Waals surface area contributed by atoms with Gasteiger partial charge in [0.25, 0.3) is 0 Å². The Morgan fingerprint density at radius 3 is 2.47 bits per heavy atom. The SMILES string of the molecule is Cc1ccc(-c2onc(CNCC(C)C)c2C)cc1. The second-order valence-corrected chi connectivity index (χ2v) is 5.47. The number of aryl methyl sites for hydroxylation is 1. The number of nitrogens with one attached hydrogen (secondary N) is 1. The van der Waals surface area contributed by atoms with Gasteiger partial charge in [0.2, 0.25) is 0 Å². The van der Waals surface area contributed by atoms with Gasteiger partial charge in [-0.25, -0.2) is 0 Å². The van der Waals surface area contributed by atoms with Crippen LogP contribution in [0.15, 0.2) is 28.8 Å². The van der Waals surface area contributed by atoms with Crippen LogP contribution in [0, 0.1) is 19.8 Å². The van der Waals surface area contributed by atoms with Crippen molar-refractivity contribution in [3.05, 3.63) is 41.1 Å². The fraction of sp³-hybridized carbons (Fsp3) is 0.438. The highest BCUT2D eigenvalue weighted by molar-refractivity contribution is 5.61. The first-order valence-electron chi connectivity index (χ1n) is 6.81. The summed E-state index contributed by atoms with van der Waals surface area (Å²) in [6.45, 7) is 10.3. The van der Waals surface area contributed by atoms with Gasteiger partial charge in [-0.1, -0.05) is 48.8 Å². The maximum atomic E-state index is 5.49. The highest BCUT2D eigenvalue weighted by atomic mass is 16.5. The molecule has 0 bridgehead atoms. The van der Waals surface area contributed by atoms with Gasteiger partial charge >= 0.3 is 0 Å². The minimum absolute atomic E-state index is 0.642. The Morgan fingerprint density at radius 2 is 1.84 bits per heavy atom. The zero-order valence-electron chi connectivity index (χ0n) is 12.2. The van der Waals surface area contributed by atoms with E-state index in [-0.39, 0.29) is 0 Å². The molecule has 0 spiro atoms. The van der Waals surface area contributed by atoms with E-state index in [1.807, 2.05) is 0 Å². The van der Waals surface area contributed by atoms with Gasteiger partial charge in [-0.3, -0.25) is 0 Å². The van der Waals surface area contributed by atoms with Gasteiger partial charge in [0.1, 0.15) is 5.69 Å². The zero-order chi connectivity index (χ0) is 13.8. The minimum atomic E-state index is 0.642. The second-order valence-electron chi connectivity index (χ2n) is 5.47. The third-order valence-electron chi connectivity index (χ3n) is 3.18. The standard InChI is InChI=1S/C16H22N2O/c1-11(2)9-17-10-15-13(4)16(19-18-15)14-7-5-12(3)6-8-14/h5-8,11,17H,9-10H2,1-4H3. The highest BCUT2D eigenvalue weighted by Crippen LogP contribution is 2.25. The van der Waals surface area contributed by atoms with Crippen molar-refractivity contribution in [1.82, 2.24) is 10.5 Å². The lowest BCUT2D eigenvalue weighted by Crippen LogP contribution is -2.19. The van der Waals surface area contributed by atoms with Crippen LogP contribution in [0.2, 0.25) is 0 Å². The van der Waals surface area contributed by atoms with Crippen molar-refractivity contribution < 1.29 is 4.52 Å². The van der Waals surface area contributed by atoms with Gasteiger partial charge in [0.05, 0.1) is 0 Å². The molecule has 1 aromatic heterocycles. The summed E-state index contributed by atoms with van der Waals surface area (Å²) in [7, 11) is 0. The lowest BCUT2D eigenvalue weighted by molar-refractivity contribution is 0.418. The van der Waals surface area contributed by atoms with Gasteiger partial charge in [-0.05, 0) is 26.3 Å². The van der Waals surface area contributed by atoms with E-state index in [2.05, 4.69) is 62.4 Å². The van der Waals surface area contributed by atoms with Crippen LogP contribution in [0.25, 0.3) is 11.3 Å². The average Bonchev–Trinajstić information content (AvgIpc) is 2.72. The number of hydrogen-bond donors (Lipinski definition) is 1. The molecule has 2 rings (SSSR count). The Labute approximate surface area is 115 Å². The van der Waals surface area contributed by atoms with Gasteiger partial charge in [-0.2, -0.15) is 0 Å². The molecule has 3 nitrogen and oxygen atoms in total. The molecule has 1 aromatic carbocycles. The Morgan fingerprint density at radius 1 is 1.16 bits per heavy atom. The fourth-order valence-electron chi connectivity index (χ4n) is 1.99. The van der Waals surface area contributed by atoms with Crippen molar-refractivity contribution >= 4 is 0 Å². The summed E-state index contributed by atoms with van der Waals surface area (Å²) < 4.78 is 5.49. The molecule has 0 fully saturated rings. The van der Waals surface area contributed by atoms with Crippen LogP contribution in [0.3, 0.4) is 0 Å².